The average Bonchev–Trinajstić information content (AvgIpc) is 3.34. The van der Waals surface area contributed by atoms with Gasteiger partial charge in [-0.05, 0) is 51.0 Å². The Morgan fingerprint density at radius 2 is 0.861 bits per heavy atom. The van der Waals surface area contributed by atoms with Gasteiger partial charge >= 0.3 is 5.97 Å². The van der Waals surface area contributed by atoms with Crippen LogP contribution in [0.3, 0.4) is 0 Å². The molecule has 9 nitrogen and oxygen atoms in total. The number of phosphoric acid groups is 1. The predicted octanol–water partition coefficient (Wildman–Crippen LogP) is 18.1. The fraction of sp³-hybridized carbons (Fsp3) is 0.871. The van der Waals surface area contributed by atoms with E-state index in [2.05, 4.69) is 44.3 Å². The quantitative estimate of drug-likeness (QED) is 0.0212. The number of ether oxygens (including phenoxy) is 1. The van der Waals surface area contributed by atoms with Gasteiger partial charge in [0, 0.05) is 12.8 Å². The molecule has 0 radical (unpaired) electrons. The van der Waals surface area contributed by atoms with E-state index in [-0.39, 0.29) is 18.9 Å². The van der Waals surface area contributed by atoms with E-state index in [4.69, 9.17) is 13.8 Å². The second-order valence-corrected chi connectivity index (χ2v) is 23.6. The monoisotopic (exact) mass is 1030 g/mol. The Labute approximate surface area is 446 Å². The van der Waals surface area contributed by atoms with E-state index < -0.39 is 32.5 Å². The first-order valence-electron chi connectivity index (χ1n) is 30.8. The van der Waals surface area contributed by atoms with Crippen LogP contribution < -0.4 is 10.2 Å². The zero-order chi connectivity index (χ0) is 52.9. The molecule has 424 valence electrons. The van der Waals surface area contributed by atoms with Crippen molar-refractivity contribution in [3.63, 3.8) is 0 Å². The molecule has 3 atom stereocenters. The van der Waals surface area contributed by atoms with Gasteiger partial charge in [0.1, 0.15) is 19.3 Å². The maximum atomic E-state index is 13.5. The summed E-state index contributed by atoms with van der Waals surface area (Å²) in [6, 6.07) is -0.906. The van der Waals surface area contributed by atoms with Crippen molar-refractivity contribution in [1.29, 1.82) is 0 Å². The summed E-state index contributed by atoms with van der Waals surface area (Å²) in [6.07, 6.45) is 62.7. The number of esters is 1. The Morgan fingerprint density at radius 3 is 1.28 bits per heavy atom. The van der Waals surface area contributed by atoms with E-state index in [1.807, 2.05) is 39.4 Å². The van der Waals surface area contributed by atoms with E-state index in [9.17, 15) is 19.0 Å². The Kier molecular flexibility index (Phi) is 51.4. The topological polar surface area (TPSA) is 114 Å². The number of unbranched alkanes of at least 4 members (excludes halogenated alkanes) is 36. The van der Waals surface area contributed by atoms with Crippen LogP contribution >= 0.6 is 7.82 Å². The van der Waals surface area contributed by atoms with Crippen LogP contribution in [0.1, 0.15) is 297 Å². The lowest BCUT2D eigenvalue weighted by molar-refractivity contribution is -0.870. The van der Waals surface area contributed by atoms with Crippen LogP contribution in [0, 0.1) is 0 Å². The molecule has 0 rings (SSSR count). The van der Waals surface area contributed by atoms with Gasteiger partial charge < -0.3 is 28.5 Å². The van der Waals surface area contributed by atoms with E-state index in [0.29, 0.717) is 23.9 Å². The number of nitrogens with zero attached hydrogens (tertiary/aromatic N) is 1. The number of rotatable bonds is 56. The van der Waals surface area contributed by atoms with Gasteiger partial charge in [0.2, 0.25) is 5.91 Å². The summed E-state index contributed by atoms with van der Waals surface area (Å²) >= 11 is 0. The normalized spacial score (nSPS) is 13.9. The van der Waals surface area contributed by atoms with Gasteiger partial charge in [-0.2, -0.15) is 0 Å². The maximum Gasteiger partial charge on any atom is 0.306 e. The lowest BCUT2D eigenvalue weighted by atomic mass is 10.0. The molecule has 3 unspecified atom stereocenters. The summed E-state index contributed by atoms with van der Waals surface area (Å²) in [6.45, 7) is 6.83. The third kappa shape index (κ3) is 53.1. The SMILES string of the molecule is CCCCCCCC/C=C\C/C=C/CCC(=O)OC(/C=C/CCCCCCCCCCCC)C(COP(=O)([O-])OCC[N+](C)(C)C)NC(=O)CCCCCCCCCCCCCCCCCCCCCCC. The molecule has 1 N–H and O–H groups in total. The number of carbonyl (C=O) groups is 2. The molecule has 0 bridgehead atoms. The highest BCUT2D eigenvalue weighted by Gasteiger charge is 2.27. The Morgan fingerprint density at radius 1 is 0.486 bits per heavy atom. The van der Waals surface area contributed by atoms with E-state index in [0.717, 1.165) is 51.4 Å². The number of hydrogen-bond donors (Lipinski definition) is 1. The van der Waals surface area contributed by atoms with Gasteiger partial charge in [-0.1, -0.05) is 269 Å². The largest absolute Gasteiger partial charge is 0.756 e. The van der Waals surface area contributed by atoms with Crippen LogP contribution in [0.15, 0.2) is 36.5 Å². The number of phosphoric ester groups is 1. The molecule has 0 spiro atoms. The third-order valence-corrected chi connectivity index (χ3v) is 14.8. The van der Waals surface area contributed by atoms with Gasteiger partial charge in [0.05, 0.1) is 33.8 Å². The number of amides is 1. The lowest BCUT2D eigenvalue weighted by Gasteiger charge is -2.30. The average molecular weight is 1040 g/mol. The van der Waals surface area contributed by atoms with Crippen LogP contribution in [0.4, 0.5) is 0 Å². The first kappa shape index (κ1) is 70.2. The molecule has 0 aromatic carbocycles. The number of nitrogens with one attached hydrogen (secondary N) is 1. The number of hydrogen-bond acceptors (Lipinski definition) is 7. The van der Waals surface area contributed by atoms with Gasteiger partial charge in [0.25, 0.3) is 7.82 Å². The van der Waals surface area contributed by atoms with Gasteiger partial charge in [-0.3, -0.25) is 14.2 Å². The van der Waals surface area contributed by atoms with Crippen LogP contribution in [-0.2, 0) is 27.9 Å². The summed E-state index contributed by atoms with van der Waals surface area (Å²) in [5.74, 6) is -0.607. The number of quaternary nitrogens is 1. The smallest absolute Gasteiger partial charge is 0.306 e. The van der Waals surface area contributed by atoms with Crippen LogP contribution in [0.5, 0.6) is 0 Å². The molecule has 0 saturated carbocycles. The number of carbonyl (C=O) groups excluding carboxylic acids is 2. The molecule has 0 aromatic heterocycles. The highest BCUT2D eigenvalue weighted by molar-refractivity contribution is 7.45. The zero-order valence-corrected chi connectivity index (χ0v) is 49.3. The highest BCUT2D eigenvalue weighted by Crippen LogP contribution is 2.38. The van der Waals surface area contributed by atoms with Crippen molar-refractivity contribution in [3.05, 3.63) is 36.5 Å². The van der Waals surface area contributed by atoms with E-state index in [1.54, 1.807) is 0 Å². The van der Waals surface area contributed by atoms with Crippen molar-refractivity contribution >= 4 is 19.7 Å². The van der Waals surface area contributed by atoms with E-state index in [1.165, 1.54) is 205 Å². The minimum absolute atomic E-state index is 0.0274. The zero-order valence-electron chi connectivity index (χ0n) is 48.4. The van der Waals surface area contributed by atoms with E-state index >= 15 is 0 Å². The number of allylic oxidation sites excluding steroid dienone is 5. The standard InChI is InChI=1S/C62H119N2O7P/c1-7-10-13-16-19-22-25-28-29-30-31-32-33-34-35-37-39-42-45-48-51-54-61(65)63-59(58-70-72(67,68)69-57-56-64(4,5)6)60(53-50-47-44-41-38-27-24-21-18-15-12-9-3)71-62(66)55-52-49-46-43-40-36-26-23-20-17-14-11-8-2/h36,40,46,49-50,53,59-60H,7-35,37-39,41-45,47-48,51-52,54-58H2,1-6H3,(H-,63,65,67,68)/b40-36-,49-46+,53-50+. The lowest BCUT2D eigenvalue weighted by Crippen LogP contribution is -2.47. The summed E-state index contributed by atoms with van der Waals surface area (Å²) in [5.41, 5.74) is 0. The molecule has 72 heavy (non-hydrogen) atoms. The third-order valence-electron chi connectivity index (χ3n) is 13.8. The molecular formula is C62H119N2O7P. The molecule has 0 saturated heterocycles. The molecular weight excluding hydrogens is 916 g/mol. The van der Waals surface area contributed by atoms with Crippen molar-refractivity contribution in [2.24, 2.45) is 0 Å². The van der Waals surface area contributed by atoms with Crippen molar-refractivity contribution in [2.75, 3.05) is 40.9 Å². The Hall–Kier alpha value is -1.77. The van der Waals surface area contributed by atoms with Crippen molar-refractivity contribution in [1.82, 2.24) is 5.32 Å². The Bertz CT molecular complexity index is 1330. The van der Waals surface area contributed by atoms with Crippen LogP contribution in [0.2, 0.25) is 0 Å². The molecule has 0 aliphatic rings. The first-order chi connectivity index (χ1) is 34.9. The summed E-state index contributed by atoms with van der Waals surface area (Å²) < 4.78 is 30.2. The fourth-order valence-corrected chi connectivity index (χ4v) is 9.77. The van der Waals surface area contributed by atoms with Crippen molar-refractivity contribution in [3.8, 4) is 0 Å². The first-order valence-corrected chi connectivity index (χ1v) is 32.3. The molecule has 10 heteroatoms. The summed E-state index contributed by atoms with van der Waals surface area (Å²) in [4.78, 5) is 39.9. The predicted molar refractivity (Wildman–Crippen MR) is 307 cm³/mol. The molecule has 0 heterocycles. The Balaban J connectivity index is 5.22. The van der Waals surface area contributed by atoms with Crippen molar-refractivity contribution < 1.29 is 37.3 Å². The van der Waals surface area contributed by atoms with Crippen LogP contribution in [0.25, 0.3) is 0 Å². The van der Waals surface area contributed by atoms with Gasteiger partial charge in [-0.25, -0.2) is 0 Å². The molecule has 1 amide bonds. The second kappa shape index (κ2) is 52.7. The maximum absolute atomic E-state index is 13.5. The minimum atomic E-state index is -4.70. The summed E-state index contributed by atoms with van der Waals surface area (Å²) in [5, 5.41) is 3.02. The van der Waals surface area contributed by atoms with Gasteiger partial charge in [0.15, 0.2) is 0 Å². The van der Waals surface area contributed by atoms with Gasteiger partial charge in [-0.15, -0.1) is 0 Å². The second-order valence-electron chi connectivity index (χ2n) is 22.2. The fourth-order valence-electron chi connectivity index (χ4n) is 9.05. The minimum Gasteiger partial charge on any atom is -0.756 e. The summed E-state index contributed by atoms with van der Waals surface area (Å²) in [7, 11) is 1.17. The number of likely N-dealkylation sites (N-methyl/N-ethyl adjacent to an activating group) is 1. The highest BCUT2D eigenvalue weighted by atomic mass is 31.2. The van der Waals surface area contributed by atoms with Crippen molar-refractivity contribution in [2.45, 2.75) is 309 Å². The molecule has 0 aromatic rings. The molecule has 0 aliphatic carbocycles. The van der Waals surface area contributed by atoms with Crippen LogP contribution in [-0.4, -0.2) is 69.4 Å². The molecule has 0 fully saturated rings. The molecule has 0 aliphatic heterocycles.